The van der Waals surface area contributed by atoms with E-state index in [9.17, 15) is 29.1 Å². The van der Waals surface area contributed by atoms with Crippen molar-refractivity contribution in [1.82, 2.24) is 36.1 Å². The van der Waals surface area contributed by atoms with Gasteiger partial charge in [-0.25, -0.2) is 9.97 Å². The Morgan fingerprint density at radius 3 is 1.85 bits per heavy atom. The standard InChI is InChI=1S/C32H47N7O6S2/c1-8-16(5)23-28(43)38-25(18(7)40)29(44)35-22(15(3)4)32(45)39-12-10-11-21(39)30-33-19(13-46-30)27(42)37-24(17(6)9-2)31-34-20(14-47-31)26(41)36-23/h13-18,21-25,40H,8-12H2,1-7H3,(H,35,44)(H,36,41)(H,37,42)(H,38,43)/t16-,17-,18+,21-,22-,23+,24+,25-/m0/s1. The highest BCUT2D eigenvalue weighted by atomic mass is 32.1. The molecule has 1 fully saturated rings. The summed E-state index contributed by atoms with van der Waals surface area (Å²) < 4.78 is 0. The predicted octanol–water partition coefficient (Wildman–Crippen LogP) is 2.94. The van der Waals surface area contributed by atoms with E-state index in [1.54, 1.807) is 22.6 Å². The van der Waals surface area contributed by atoms with Crippen molar-refractivity contribution < 1.29 is 29.1 Å². The second-order valence-corrected chi connectivity index (χ2v) is 14.7. The van der Waals surface area contributed by atoms with E-state index in [1.165, 1.54) is 29.6 Å². The summed E-state index contributed by atoms with van der Waals surface area (Å²) in [4.78, 5) is 79.1. The van der Waals surface area contributed by atoms with E-state index < -0.39 is 48.0 Å². The van der Waals surface area contributed by atoms with Crippen LogP contribution in [0.25, 0.3) is 0 Å². The van der Waals surface area contributed by atoms with Crippen molar-refractivity contribution >= 4 is 52.2 Å². The van der Waals surface area contributed by atoms with Crippen LogP contribution < -0.4 is 21.3 Å². The molecule has 5 N–H and O–H groups in total. The quantitative estimate of drug-likeness (QED) is 0.307. The minimum absolute atomic E-state index is 0.0160. The number of rotatable bonds is 6. The van der Waals surface area contributed by atoms with Gasteiger partial charge in [-0.1, -0.05) is 54.4 Å². The summed E-state index contributed by atoms with van der Waals surface area (Å²) in [5.74, 6) is -3.30. The maximum Gasteiger partial charge on any atom is 0.271 e. The third-order valence-electron chi connectivity index (χ3n) is 9.17. The van der Waals surface area contributed by atoms with Gasteiger partial charge in [0.25, 0.3) is 11.8 Å². The van der Waals surface area contributed by atoms with E-state index in [2.05, 4.69) is 31.2 Å². The molecule has 0 aliphatic carbocycles. The van der Waals surface area contributed by atoms with Crippen LogP contribution in [0.2, 0.25) is 0 Å². The summed E-state index contributed by atoms with van der Waals surface area (Å²) in [6.07, 6.45) is 1.36. The first-order valence-corrected chi connectivity index (χ1v) is 18.1. The molecule has 13 nitrogen and oxygen atoms in total. The van der Waals surface area contributed by atoms with Crippen LogP contribution in [0.1, 0.15) is 117 Å². The molecule has 47 heavy (non-hydrogen) atoms. The van der Waals surface area contributed by atoms with Crippen LogP contribution in [0.4, 0.5) is 0 Å². The molecule has 15 heteroatoms. The van der Waals surface area contributed by atoms with Gasteiger partial charge in [0.1, 0.15) is 39.5 Å². The number of aliphatic hydroxyl groups is 1. The molecule has 0 unspecified atom stereocenters. The third kappa shape index (κ3) is 8.18. The molecule has 2 aromatic heterocycles. The number of fused-ring (bicyclic) bond motifs is 6. The van der Waals surface area contributed by atoms with Gasteiger partial charge in [0, 0.05) is 17.3 Å². The van der Waals surface area contributed by atoms with Crippen molar-refractivity contribution in [2.75, 3.05) is 6.54 Å². The molecule has 0 aromatic carbocycles. The van der Waals surface area contributed by atoms with Gasteiger partial charge in [-0.05, 0) is 37.5 Å². The molecule has 2 aliphatic heterocycles. The van der Waals surface area contributed by atoms with Gasteiger partial charge in [0.05, 0.1) is 18.2 Å². The maximum atomic E-state index is 14.0. The Morgan fingerprint density at radius 2 is 1.28 bits per heavy atom. The lowest BCUT2D eigenvalue weighted by atomic mass is 9.97. The van der Waals surface area contributed by atoms with Crippen molar-refractivity contribution in [1.29, 1.82) is 0 Å². The molecule has 0 saturated carbocycles. The number of aliphatic hydroxyl groups excluding tert-OH is 1. The van der Waals surface area contributed by atoms with Crippen LogP contribution in [-0.2, 0) is 14.4 Å². The average molecular weight is 690 g/mol. The largest absolute Gasteiger partial charge is 0.391 e. The van der Waals surface area contributed by atoms with E-state index in [-0.39, 0.29) is 47.0 Å². The van der Waals surface area contributed by atoms with E-state index in [0.717, 1.165) is 12.8 Å². The zero-order valence-corrected chi connectivity index (χ0v) is 29.7. The van der Waals surface area contributed by atoms with Crippen LogP contribution in [0, 0.1) is 17.8 Å². The van der Waals surface area contributed by atoms with Crippen molar-refractivity contribution in [2.45, 2.75) is 110 Å². The first-order chi connectivity index (χ1) is 22.3. The molecule has 1 saturated heterocycles. The molecule has 0 radical (unpaired) electrons. The molecule has 4 bridgehead atoms. The number of carbonyl (C=O) groups excluding carboxylic acids is 5. The third-order valence-corrected chi connectivity index (χ3v) is 11.0. The van der Waals surface area contributed by atoms with E-state index in [4.69, 9.17) is 0 Å². The fraction of sp³-hybridized carbons (Fsp3) is 0.656. The summed E-state index contributed by atoms with van der Waals surface area (Å²) in [6, 6.07) is -4.24. The van der Waals surface area contributed by atoms with Gasteiger partial charge in [-0.15, -0.1) is 22.7 Å². The summed E-state index contributed by atoms with van der Waals surface area (Å²) in [7, 11) is 0. The molecule has 258 valence electrons. The highest BCUT2D eigenvalue weighted by Gasteiger charge is 2.40. The average Bonchev–Trinajstić information content (AvgIpc) is 3.82. The molecule has 0 spiro atoms. The van der Waals surface area contributed by atoms with Crippen LogP contribution >= 0.6 is 22.7 Å². The number of thiazole rings is 2. The Kier molecular flexibility index (Phi) is 12.1. The highest BCUT2D eigenvalue weighted by molar-refractivity contribution is 7.10. The van der Waals surface area contributed by atoms with E-state index in [0.29, 0.717) is 29.4 Å². The molecule has 8 atom stereocenters. The van der Waals surface area contributed by atoms with Crippen molar-refractivity contribution in [3.8, 4) is 0 Å². The topological polar surface area (TPSA) is 183 Å². The monoisotopic (exact) mass is 689 g/mol. The molecular formula is C32H47N7O6S2. The van der Waals surface area contributed by atoms with Crippen molar-refractivity contribution in [2.24, 2.45) is 17.8 Å². The van der Waals surface area contributed by atoms with Gasteiger partial charge >= 0.3 is 0 Å². The number of carbonyl (C=O) groups is 5. The molecular weight excluding hydrogens is 643 g/mol. The Bertz CT molecular complexity index is 1460. The number of aromatic nitrogens is 2. The number of amides is 5. The van der Waals surface area contributed by atoms with Gasteiger partial charge < -0.3 is 31.3 Å². The van der Waals surface area contributed by atoms with E-state index in [1.807, 2.05) is 34.6 Å². The summed E-state index contributed by atoms with van der Waals surface area (Å²) in [5, 5.41) is 26.3. The van der Waals surface area contributed by atoms with Crippen molar-refractivity contribution in [3.05, 3.63) is 32.2 Å². The van der Waals surface area contributed by atoms with Crippen LogP contribution in [-0.4, -0.2) is 80.3 Å². The predicted molar refractivity (Wildman–Crippen MR) is 179 cm³/mol. The van der Waals surface area contributed by atoms with Crippen LogP contribution in [0.15, 0.2) is 10.8 Å². The number of hydrogen-bond donors (Lipinski definition) is 5. The second-order valence-electron chi connectivity index (χ2n) is 13.0. The first-order valence-electron chi connectivity index (χ1n) is 16.4. The highest BCUT2D eigenvalue weighted by Crippen LogP contribution is 2.35. The van der Waals surface area contributed by atoms with Crippen LogP contribution in [0.3, 0.4) is 0 Å². The Morgan fingerprint density at radius 1 is 0.766 bits per heavy atom. The van der Waals surface area contributed by atoms with Crippen molar-refractivity contribution in [3.63, 3.8) is 0 Å². The zero-order chi connectivity index (χ0) is 34.6. The maximum absolute atomic E-state index is 14.0. The molecule has 4 rings (SSSR count). The van der Waals surface area contributed by atoms with E-state index >= 15 is 0 Å². The van der Waals surface area contributed by atoms with Crippen LogP contribution in [0.5, 0.6) is 0 Å². The fourth-order valence-corrected chi connectivity index (χ4v) is 7.69. The van der Waals surface area contributed by atoms with Gasteiger partial charge in [-0.3, -0.25) is 24.0 Å². The summed E-state index contributed by atoms with van der Waals surface area (Å²) in [5.41, 5.74) is 0.326. The minimum Gasteiger partial charge on any atom is -0.391 e. The molecule has 2 aromatic rings. The fourth-order valence-electron chi connectivity index (χ4n) is 5.77. The minimum atomic E-state index is -1.38. The summed E-state index contributed by atoms with van der Waals surface area (Å²) >= 11 is 2.54. The van der Waals surface area contributed by atoms with Gasteiger partial charge in [0.2, 0.25) is 17.7 Å². The number of nitrogens with zero attached hydrogens (tertiary/aromatic N) is 3. The SMILES string of the molecule is CC[C@H](C)[C@H]1NC(=O)c2csc(n2)[C@@H]([C@@H](C)CC)NC(=O)c2csc(n2)[C@@H]2CCCN2C(=O)[C@H](C(C)C)NC(=O)[C@H]([C@@H](C)O)NC1=O. The number of hydrogen-bond acceptors (Lipinski definition) is 10. The normalized spacial score (nSPS) is 26.8. The lowest BCUT2D eigenvalue weighted by Crippen LogP contribution is -2.61. The lowest BCUT2D eigenvalue weighted by molar-refractivity contribution is -0.140. The van der Waals surface area contributed by atoms with Gasteiger partial charge in [0.15, 0.2) is 0 Å². The molecule has 5 amide bonds. The zero-order valence-electron chi connectivity index (χ0n) is 28.0. The Balaban J connectivity index is 1.77. The lowest BCUT2D eigenvalue weighted by Gasteiger charge is -2.32. The molecule has 2 aliphatic rings. The number of nitrogens with one attached hydrogen (secondary N) is 4. The summed E-state index contributed by atoms with van der Waals surface area (Å²) in [6.45, 7) is 13.1. The Hall–Kier alpha value is -3.43. The smallest absolute Gasteiger partial charge is 0.271 e. The Labute approximate surface area is 283 Å². The second kappa shape index (κ2) is 15.6. The van der Waals surface area contributed by atoms with Gasteiger partial charge in [-0.2, -0.15) is 0 Å². The molecule has 4 heterocycles. The first kappa shape index (κ1) is 36.4.